The molecule has 110 valence electrons. The molecule has 0 radical (unpaired) electrons. The summed E-state index contributed by atoms with van der Waals surface area (Å²) in [5, 5.41) is 3.56. The topological polar surface area (TPSA) is 62.0 Å². The van der Waals surface area contributed by atoms with Gasteiger partial charge in [-0.05, 0) is 30.9 Å². The Morgan fingerprint density at radius 3 is 2.81 bits per heavy atom. The first-order valence-electron chi connectivity index (χ1n) is 7.65. The molecule has 1 amide bonds. The van der Waals surface area contributed by atoms with Crippen LogP contribution < -0.4 is 10.7 Å². The first-order valence-corrected chi connectivity index (χ1v) is 7.65. The molecule has 0 atom stereocenters. The van der Waals surface area contributed by atoms with Crippen LogP contribution >= 0.6 is 0 Å². The minimum atomic E-state index is -0.257. The number of aromatic amines is 1. The molecular weight excluding hydrogens is 264 g/mol. The van der Waals surface area contributed by atoms with Gasteiger partial charge >= 0.3 is 0 Å². The summed E-state index contributed by atoms with van der Waals surface area (Å²) in [4.78, 5) is 27.9. The van der Waals surface area contributed by atoms with Gasteiger partial charge in [-0.2, -0.15) is 0 Å². The Labute approximate surface area is 123 Å². The number of amides is 1. The lowest BCUT2D eigenvalue weighted by molar-refractivity contribution is 0.0936. The zero-order valence-electron chi connectivity index (χ0n) is 12.2. The summed E-state index contributed by atoms with van der Waals surface area (Å²) in [5.74, 6) is -0.257. The summed E-state index contributed by atoms with van der Waals surface area (Å²) in [6.45, 7) is 2.05. The number of aryl methyl sites for hydroxylation is 1. The number of hydrogen-bond donors (Lipinski definition) is 2. The Morgan fingerprint density at radius 2 is 2.10 bits per heavy atom. The fourth-order valence-electron chi connectivity index (χ4n) is 3.11. The van der Waals surface area contributed by atoms with E-state index in [1.807, 2.05) is 19.1 Å². The number of carbonyl (C=O) groups excluding carboxylic acids is 1. The molecule has 2 N–H and O–H groups in total. The van der Waals surface area contributed by atoms with Crippen molar-refractivity contribution >= 4 is 16.8 Å². The molecule has 1 aliphatic rings. The number of pyridine rings is 1. The average molecular weight is 284 g/mol. The van der Waals surface area contributed by atoms with Gasteiger partial charge in [-0.15, -0.1) is 0 Å². The maximum atomic E-state index is 12.5. The van der Waals surface area contributed by atoms with E-state index in [-0.39, 0.29) is 22.9 Å². The Kier molecular flexibility index (Phi) is 3.78. The van der Waals surface area contributed by atoms with E-state index in [0.29, 0.717) is 5.39 Å². The van der Waals surface area contributed by atoms with E-state index < -0.39 is 0 Å². The predicted octanol–water partition coefficient (Wildman–Crippen LogP) is 2.76. The van der Waals surface area contributed by atoms with Crippen LogP contribution in [0, 0.1) is 0 Å². The Morgan fingerprint density at radius 1 is 1.33 bits per heavy atom. The molecule has 3 rings (SSSR count). The Hall–Kier alpha value is -2.10. The highest BCUT2D eigenvalue weighted by atomic mass is 16.2. The molecule has 0 spiro atoms. The average Bonchev–Trinajstić information content (AvgIpc) is 3.00. The van der Waals surface area contributed by atoms with Crippen molar-refractivity contribution in [2.75, 3.05) is 0 Å². The van der Waals surface area contributed by atoms with Crippen LogP contribution in [-0.4, -0.2) is 16.9 Å². The van der Waals surface area contributed by atoms with Crippen LogP contribution in [-0.2, 0) is 6.42 Å². The van der Waals surface area contributed by atoms with Crippen molar-refractivity contribution in [1.29, 1.82) is 0 Å². The lowest BCUT2D eigenvalue weighted by atomic mass is 10.1. The van der Waals surface area contributed by atoms with Crippen LogP contribution in [0.2, 0.25) is 0 Å². The minimum absolute atomic E-state index is 0.186. The number of carbonyl (C=O) groups is 1. The second-order valence-corrected chi connectivity index (χ2v) is 5.68. The summed E-state index contributed by atoms with van der Waals surface area (Å²) in [6.07, 6.45) is 6.72. The van der Waals surface area contributed by atoms with Crippen LogP contribution in [0.25, 0.3) is 10.9 Å². The van der Waals surface area contributed by atoms with Crippen molar-refractivity contribution in [1.82, 2.24) is 10.3 Å². The van der Waals surface area contributed by atoms with E-state index in [1.165, 1.54) is 0 Å². The van der Waals surface area contributed by atoms with Gasteiger partial charge < -0.3 is 10.3 Å². The standard InChI is InChI=1S/C17H20N2O2/c1-2-11-6-5-9-13-15(11)18-10-14(16(13)20)17(21)19-12-7-3-4-8-12/h5-6,9-10,12H,2-4,7-8H2,1H3,(H,18,20)(H,19,21). The SMILES string of the molecule is CCc1cccc2c(=O)c(C(=O)NC3CCCC3)c[nH]c12. The van der Waals surface area contributed by atoms with E-state index in [1.54, 1.807) is 12.3 Å². The van der Waals surface area contributed by atoms with E-state index in [2.05, 4.69) is 10.3 Å². The number of hydrogen-bond acceptors (Lipinski definition) is 2. The fourth-order valence-corrected chi connectivity index (χ4v) is 3.11. The fraction of sp³-hybridized carbons (Fsp3) is 0.412. The second-order valence-electron chi connectivity index (χ2n) is 5.68. The van der Waals surface area contributed by atoms with Crippen LogP contribution in [0.5, 0.6) is 0 Å². The first kappa shape index (κ1) is 13.9. The van der Waals surface area contributed by atoms with Gasteiger partial charge in [0.05, 0.1) is 5.52 Å². The highest BCUT2D eigenvalue weighted by Gasteiger charge is 2.20. The zero-order valence-corrected chi connectivity index (χ0v) is 12.2. The normalized spacial score (nSPS) is 15.5. The van der Waals surface area contributed by atoms with Gasteiger partial charge in [0.1, 0.15) is 5.56 Å². The van der Waals surface area contributed by atoms with Crippen LogP contribution in [0.1, 0.15) is 48.5 Å². The van der Waals surface area contributed by atoms with E-state index in [9.17, 15) is 9.59 Å². The number of H-pyrrole nitrogens is 1. The zero-order chi connectivity index (χ0) is 14.8. The summed E-state index contributed by atoms with van der Waals surface area (Å²) in [5.41, 5.74) is 1.95. The molecule has 1 fully saturated rings. The molecule has 0 aliphatic heterocycles. The molecule has 4 heteroatoms. The number of benzene rings is 1. The smallest absolute Gasteiger partial charge is 0.256 e. The molecule has 1 saturated carbocycles. The number of aromatic nitrogens is 1. The predicted molar refractivity (Wildman–Crippen MR) is 83.7 cm³/mol. The number of rotatable bonds is 3. The van der Waals surface area contributed by atoms with Gasteiger partial charge in [-0.1, -0.05) is 31.9 Å². The summed E-state index contributed by atoms with van der Waals surface area (Å²) in [7, 11) is 0. The summed E-state index contributed by atoms with van der Waals surface area (Å²) in [6, 6.07) is 5.86. The third-order valence-electron chi connectivity index (χ3n) is 4.32. The molecule has 2 aromatic rings. The maximum absolute atomic E-state index is 12.5. The van der Waals surface area contributed by atoms with Gasteiger partial charge in [0.25, 0.3) is 5.91 Å². The Balaban J connectivity index is 1.98. The monoisotopic (exact) mass is 284 g/mol. The van der Waals surface area contributed by atoms with Crippen molar-refractivity contribution in [3.05, 3.63) is 45.7 Å². The molecule has 1 aromatic heterocycles. The summed E-state index contributed by atoms with van der Waals surface area (Å²) < 4.78 is 0. The minimum Gasteiger partial charge on any atom is -0.360 e. The van der Waals surface area contributed by atoms with Crippen molar-refractivity contribution in [2.24, 2.45) is 0 Å². The van der Waals surface area contributed by atoms with Gasteiger partial charge in [-0.3, -0.25) is 9.59 Å². The number of fused-ring (bicyclic) bond motifs is 1. The molecule has 1 aliphatic carbocycles. The van der Waals surface area contributed by atoms with Gasteiger partial charge in [0.2, 0.25) is 5.43 Å². The number of para-hydroxylation sites is 1. The molecule has 0 unspecified atom stereocenters. The Bertz CT molecular complexity index is 727. The third kappa shape index (κ3) is 2.58. The van der Waals surface area contributed by atoms with Crippen molar-refractivity contribution in [2.45, 2.75) is 45.1 Å². The molecule has 0 bridgehead atoms. The second kappa shape index (κ2) is 5.72. The quantitative estimate of drug-likeness (QED) is 0.910. The molecule has 4 nitrogen and oxygen atoms in total. The van der Waals surface area contributed by atoms with Crippen LogP contribution in [0.3, 0.4) is 0 Å². The van der Waals surface area contributed by atoms with Gasteiger partial charge in [0.15, 0.2) is 0 Å². The van der Waals surface area contributed by atoms with Crippen molar-refractivity contribution in [3.63, 3.8) is 0 Å². The van der Waals surface area contributed by atoms with Crippen molar-refractivity contribution in [3.8, 4) is 0 Å². The van der Waals surface area contributed by atoms with Crippen LogP contribution in [0.15, 0.2) is 29.2 Å². The molecule has 0 saturated heterocycles. The van der Waals surface area contributed by atoms with E-state index in [4.69, 9.17) is 0 Å². The third-order valence-corrected chi connectivity index (χ3v) is 4.32. The highest BCUT2D eigenvalue weighted by molar-refractivity contribution is 5.97. The van der Waals surface area contributed by atoms with Gasteiger partial charge in [0, 0.05) is 17.6 Å². The first-order chi connectivity index (χ1) is 10.2. The van der Waals surface area contributed by atoms with Crippen LogP contribution in [0.4, 0.5) is 0 Å². The lowest BCUT2D eigenvalue weighted by Gasteiger charge is -2.12. The number of nitrogens with one attached hydrogen (secondary N) is 2. The van der Waals surface area contributed by atoms with E-state index in [0.717, 1.165) is 43.2 Å². The molecular formula is C17H20N2O2. The molecule has 1 aromatic carbocycles. The molecule has 21 heavy (non-hydrogen) atoms. The van der Waals surface area contributed by atoms with Gasteiger partial charge in [-0.25, -0.2) is 0 Å². The maximum Gasteiger partial charge on any atom is 0.256 e. The van der Waals surface area contributed by atoms with Crippen molar-refractivity contribution < 1.29 is 4.79 Å². The molecule has 1 heterocycles. The van der Waals surface area contributed by atoms with E-state index >= 15 is 0 Å². The lowest BCUT2D eigenvalue weighted by Crippen LogP contribution is -2.35. The highest BCUT2D eigenvalue weighted by Crippen LogP contribution is 2.18. The largest absolute Gasteiger partial charge is 0.360 e. The summed E-state index contributed by atoms with van der Waals surface area (Å²) >= 11 is 0.